The van der Waals surface area contributed by atoms with Crippen LogP contribution in [0.25, 0.3) is 0 Å². The number of hydrogen-bond acceptors (Lipinski definition) is 4. The van der Waals surface area contributed by atoms with E-state index in [0.29, 0.717) is 15.3 Å². The molecule has 2 aromatic rings. The van der Waals surface area contributed by atoms with E-state index in [0.717, 1.165) is 5.69 Å². The van der Waals surface area contributed by atoms with Gasteiger partial charge in [0.1, 0.15) is 4.60 Å². The summed E-state index contributed by atoms with van der Waals surface area (Å²) in [6.45, 7) is 6.27. The molecule has 0 aliphatic carbocycles. The number of anilines is 1. The fraction of sp³-hybridized carbons (Fsp3) is 0.308. The van der Waals surface area contributed by atoms with E-state index in [4.69, 9.17) is 0 Å². The largest absolute Gasteiger partial charge is 0.298 e. The minimum Gasteiger partial charge on any atom is -0.298 e. The van der Waals surface area contributed by atoms with Gasteiger partial charge >= 0.3 is 0 Å². The van der Waals surface area contributed by atoms with Gasteiger partial charge in [0.25, 0.3) is 5.91 Å². The first-order chi connectivity index (χ1) is 8.86. The van der Waals surface area contributed by atoms with Crippen LogP contribution >= 0.6 is 27.3 Å². The Morgan fingerprint density at radius 3 is 2.63 bits per heavy atom. The van der Waals surface area contributed by atoms with Crippen molar-refractivity contribution in [2.45, 2.75) is 26.2 Å². The summed E-state index contributed by atoms with van der Waals surface area (Å²) in [6.07, 6.45) is 1.53. The summed E-state index contributed by atoms with van der Waals surface area (Å²) in [7, 11) is 0. The van der Waals surface area contributed by atoms with Crippen molar-refractivity contribution < 1.29 is 4.79 Å². The second kappa shape index (κ2) is 5.38. The highest BCUT2D eigenvalue weighted by atomic mass is 79.9. The van der Waals surface area contributed by atoms with Crippen LogP contribution in [0.5, 0.6) is 0 Å². The molecule has 0 aliphatic heterocycles. The van der Waals surface area contributed by atoms with Crippen LogP contribution in [0.4, 0.5) is 5.13 Å². The molecule has 0 spiro atoms. The van der Waals surface area contributed by atoms with Crippen molar-refractivity contribution in [3.05, 3.63) is 39.6 Å². The third kappa shape index (κ3) is 3.61. The Morgan fingerprint density at radius 2 is 2.11 bits per heavy atom. The van der Waals surface area contributed by atoms with Gasteiger partial charge in [0.2, 0.25) is 0 Å². The van der Waals surface area contributed by atoms with Crippen LogP contribution in [0, 0.1) is 0 Å². The van der Waals surface area contributed by atoms with Gasteiger partial charge in [0.15, 0.2) is 5.13 Å². The molecule has 0 aliphatic rings. The molecule has 0 saturated carbocycles. The lowest BCUT2D eigenvalue weighted by Gasteiger charge is -2.14. The summed E-state index contributed by atoms with van der Waals surface area (Å²) in [5, 5.41) is 5.36. The molecule has 0 saturated heterocycles. The number of thiazole rings is 1. The maximum Gasteiger partial charge on any atom is 0.259 e. The number of carbonyl (C=O) groups excluding carboxylic acids is 1. The van der Waals surface area contributed by atoms with Gasteiger partial charge in [-0.2, -0.15) is 0 Å². The zero-order valence-electron chi connectivity index (χ0n) is 10.9. The Bertz CT molecular complexity index is 587. The van der Waals surface area contributed by atoms with Gasteiger partial charge < -0.3 is 0 Å². The molecule has 2 rings (SSSR count). The van der Waals surface area contributed by atoms with Gasteiger partial charge in [0, 0.05) is 17.0 Å². The maximum absolute atomic E-state index is 12.0. The van der Waals surface area contributed by atoms with E-state index in [1.165, 1.54) is 17.5 Å². The first kappa shape index (κ1) is 14.1. The molecule has 6 heteroatoms. The Balaban J connectivity index is 2.11. The molecular formula is C13H14BrN3OS. The zero-order valence-corrected chi connectivity index (χ0v) is 13.3. The second-order valence-electron chi connectivity index (χ2n) is 5.11. The van der Waals surface area contributed by atoms with Gasteiger partial charge in [0.05, 0.1) is 11.3 Å². The molecule has 100 valence electrons. The monoisotopic (exact) mass is 339 g/mol. The Hall–Kier alpha value is -1.27. The van der Waals surface area contributed by atoms with Crippen molar-refractivity contribution in [1.82, 2.24) is 9.97 Å². The van der Waals surface area contributed by atoms with E-state index >= 15 is 0 Å². The van der Waals surface area contributed by atoms with Crippen LogP contribution in [0.3, 0.4) is 0 Å². The zero-order chi connectivity index (χ0) is 14.0. The van der Waals surface area contributed by atoms with E-state index in [1.54, 1.807) is 12.1 Å². The molecule has 0 aromatic carbocycles. The lowest BCUT2D eigenvalue weighted by molar-refractivity contribution is 0.102. The van der Waals surface area contributed by atoms with Gasteiger partial charge in [-0.15, -0.1) is 11.3 Å². The van der Waals surface area contributed by atoms with Gasteiger partial charge in [-0.05, 0) is 28.1 Å². The molecule has 2 heterocycles. The Morgan fingerprint density at radius 1 is 1.37 bits per heavy atom. The van der Waals surface area contributed by atoms with Crippen LogP contribution in [-0.2, 0) is 5.41 Å². The van der Waals surface area contributed by atoms with E-state index in [1.807, 2.05) is 5.38 Å². The minimum atomic E-state index is -0.199. The van der Waals surface area contributed by atoms with Crippen molar-refractivity contribution in [3.8, 4) is 0 Å². The quantitative estimate of drug-likeness (QED) is 0.845. The summed E-state index contributed by atoms with van der Waals surface area (Å²) in [4.78, 5) is 20.4. The molecule has 0 bridgehead atoms. The number of pyridine rings is 1. The predicted molar refractivity (Wildman–Crippen MR) is 80.7 cm³/mol. The highest BCUT2D eigenvalue weighted by Gasteiger charge is 2.18. The average Bonchev–Trinajstić information content (AvgIpc) is 2.78. The predicted octanol–water partition coefficient (Wildman–Crippen LogP) is 3.85. The lowest BCUT2D eigenvalue weighted by atomic mass is 9.93. The minimum absolute atomic E-state index is 0.0152. The number of hydrogen-bond donors (Lipinski definition) is 1. The molecule has 0 atom stereocenters. The average molecular weight is 340 g/mol. The topological polar surface area (TPSA) is 54.9 Å². The third-order valence-electron chi connectivity index (χ3n) is 2.48. The normalized spacial score (nSPS) is 11.4. The van der Waals surface area contributed by atoms with E-state index < -0.39 is 0 Å². The smallest absolute Gasteiger partial charge is 0.259 e. The van der Waals surface area contributed by atoms with Crippen LogP contribution in [0.2, 0.25) is 0 Å². The molecule has 0 radical (unpaired) electrons. The van der Waals surface area contributed by atoms with Crippen molar-refractivity contribution in [1.29, 1.82) is 0 Å². The van der Waals surface area contributed by atoms with Gasteiger partial charge in [-0.25, -0.2) is 9.97 Å². The van der Waals surface area contributed by atoms with Crippen molar-refractivity contribution >= 4 is 38.3 Å². The summed E-state index contributed by atoms with van der Waals surface area (Å²) < 4.78 is 0.702. The maximum atomic E-state index is 12.0. The summed E-state index contributed by atoms with van der Waals surface area (Å²) >= 11 is 4.66. The van der Waals surface area contributed by atoms with Crippen LogP contribution in [0.15, 0.2) is 28.3 Å². The number of rotatable bonds is 2. The molecular weight excluding hydrogens is 326 g/mol. The first-order valence-electron chi connectivity index (χ1n) is 5.75. The molecule has 4 nitrogen and oxygen atoms in total. The number of carbonyl (C=O) groups is 1. The van der Waals surface area contributed by atoms with Crippen molar-refractivity contribution in [2.75, 3.05) is 5.32 Å². The Labute approximate surface area is 124 Å². The van der Waals surface area contributed by atoms with Gasteiger partial charge in [-0.3, -0.25) is 10.1 Å². The van der Waals surface area contributed by atoms with E-state index in [-0.39, 0.29) is 11.3 Å². The second-order valence-corrected chi connectivity index (χ2v) is 6.78. The van der Waals surface area contributed by atoms with E-state index in [2.05, 4.69) is 52.0 Å². The first-order valence-corrected chi connectivity index (χ1v) is 7.42. The van der Waals surface area contributed by atoms with Crippen LogP contribution in [0.1, 0.15) is 36.8 Å². The lowest BCUT2D eigenvalue weighted by Crippen LogP contribution is -2.14. The molecule has 1 N–H and O–H groups in total. The van der Waals surface area contributed by atoms with Crippen molar-refractivity contribution in [2.24, 2.45) is 0 Å². The number of nitrogens with one attached hydrogen (secondary N) is 1. The molecule has 2 aromatic heterocycles. The SMILES string of the molecule is CC(C)(C)c1csc(NC(=O)c2ccc(Br)nc2)n1. The molecule has 0 unspecified atom stereocenters. The fourth-order valence-corrected chi connectivity index (χ4v) is 2.52. The Kier molecular flexibility index (Phi) is 4.01. The summed E-state index contributed by atoms with van der Waals surface area (Å²) in [5.41, 5.74) is 1.47. The standard InChI is InChI=1S/C13H14BrN3OS/c1-13(2,3)9-7-19-12(16-9)17-11(18)8-4-5-10(14)15-6-8/h4-7H,1-3H3,(H,16,17,18). The molecule has 1 amide bonds. The van der Waals surface area contributed by atoms with Crippen molar-refractivity contribution in [3.63, 3.8) is 0 Å². The third-order valence-corrected chi connectivity index (χ3v) is 3.71. The highest BCUT2D eigenvalue weighted by molar-refractivity contribution is 9.10. The van der Waals surface area contributed by atoms with Crippen LogP contribution < -0.4 is 5.32 Å². The van der Waals surface area contributed by atoms with Gasteiger partial charge in [-0.1, -0.05) is 20.8 Å². The fourth-order valence-electron chi connectivity index (χ4n) is 1.36. The molecule has 0 fully saturated rings. The van der Waals surface area contributed by atoms with E-state index in [9.17, 15) is 4.79 Å². The number of halogens is 1. The highest BCUT2D eigenvalue weighted by Crippen LogP contribution is 2.26. The summed E-state index contributed by atoms with van der Waals surface area (Å²) in [6, 6.07) is 3.45. The number of aromatic nitrogens is 2. The number of amides is 1. The number of nitrogens with zero attached hydrogens (tertiary/aromatic N) is 2. The van der Waals surface area contributed by atoms with Crippen LogP contribution in [-0.4, -0.2) is 15.9 Å². The molecule has 19 heavy (non-hydrogen) atoms. The summed E-state index contributed by atoms with van der Waals surface area (Å²) in [5.74, 6) is -0.199.